The minimum absolute atomic E-state index is 0.0223. The number of amides is 2. The highest BCUT2D eigenvalue weighted by molar-refractivity contribution is 6.31. The highest BCUT2D eigenvalue weighted by Gasteiger charge is 2.45. The average Bonchev–Trinajstić information content (AvgIpc) is 3.22. The van der Waals surface area contributed by atoms with Crippen molar-refractivity contribution in [3.05, 3.63) is 29.0 Å². The molecule has 7 heteroatoms. The third kappa shape index (κ3) is 3.16. The molecule has 0 unspecified atom stereocenters. The minimum Gasteiger partial charge on any atom is -0.493 e. The van der Waals surface area contributed by atoms with Crippen molar-refractivity contribution in [1.29, 1.82) is 0 Å². The Kier molecular flexibility index (Phi) is 4.54. The monoisotopic (exact) mass is 390 g/mol. The summed E-state index contributed by atoms with van der Waals surface area (Å²) in [5.41, 5.74) is 0.549. The number of likely N-dealkylation sites (tertiary alicyclic amines) is 2. The second kappa shape index (κ2) is 6.75. The van der Waals surface area contributed by atoms with Crippen LogP contribution in [0.25, 0.3) is 11.0 Å². The van der Waals surface area contributed by atoms with Crippen molar-refractivity contribution in [2.45, 2.75) is 26.2 Å². The van der Waals surface area contributed by atoms with Crippen molar-refractivity contribution in [1.82, 2.24) is 9.80 Å². The summed E-state index contributed by atoms with van der Waals surface area (Å²) in [7, 11) is 1.54. The van der Waals surface area contributed by atoms with Crippen molar-refractivity contribution < 1.29 is 18.7 Å². The molecule has 2 saturated heterocycles. The van der Waals surface area contributed by atoms with Gasteiger partial charge in [0.25, 0.3) is 5.91 Å². The Morgan fingerprint density at radius 1 is 1.30 bits per heavy atom. The number of nitrogens with zero attached hydrogens (tertiary/aromatic N) is 2. The molecule has 27 heavy (non-hydrogen) atoms. The first-order valence-corrected chi connectivity index (χ1v) is 9.66. The molecular formula is C20H23ClN2O4. The molecule has 6 nitrogen and oxygen atoms in total. The van der Waals surface area contributed by atoms with Crippen molar-refractivity contribution >= 4 is 34.4 Å². The zero-order valence-corrected chi connectivity index (χ0v) is 16.3. The molecule has 0 bridgehead atoms. The maximum atomic E-state index is 12.9. The third-order valence-electron chi connectivity index (χ3n) is 5.88. The van der Waals surface area contributed by atoms with Crippen LogP contribution in [-0.2, 0) is 4.79 Å². The number of benzene rings is 1. The molecule has 2 amide bonds. The van der Waals surface area contributed by atoms with Crippen LogP contribution in [0.5, 0.6) is 5.75 Å². The van der Waals surface area contributed by atoms with E-state index < -0.39 is 0 Å². The molecule has 3 heterocycles. The highest BCUT2D eigenvalue weighted by atomic mass is 35.5. The molecule has 4 rings (SSSR count). The SMILES string of the molecule is CCN1CC2(CCN(C(=O)c3cc4cc(Cl)cc(OC)c4o3)CC2)CC1=O. The van der Waals surface area contributed by atoms with E-state index in [9.17, 15) is 9.59 Å². The average molecular weight is 391 g/mol. The number of hydrogen-bond donors (Lipinski definition) is 0. The molecule has 2 fully saturated rings. The van der Waals surface area contributed by atoms with Gasteiger partial charge in [-0.2, -0.15) is 0 Å². The molecule has 2 aliphatic rings. The summed E-state index contributed by atoms with van der Waals surface area (Å²) in [4.78, 5) is 28.8. The Labute approximate surface area is 163 Å². The molecule has 0 radical (unpaired) electrons. The van der Waals surface area contributed by atoms with Gasteiger partial charge in [0.05, 0.1) is 7.11 Å². The Morgan fingerprint density at radius 3 is 2.67 bits per heavy atom. The molecule has 0 atom stereocenters. The molecule has 2 aromatic rings. The van der Waals surface area contributed by atoms with Gasteiger partial charge in [0, 0.05) is 54.5 Å². The van der Waals surface area contributed by atoms with Gasteiger partial charge in [-0.3, -0.25) is 9.59 Å². The number of methoxy groups -OCH3 is 1. The van der Waals surface area contributed by atoms with Gasteiger partial charge in [-0.15, -0.1) is 0 Å². The van der Waals surface area contributed by atoms with Crippen molar-refractivity contribution in [3.63, 3.8) is 0 Å². The maximum Gasteiger partial charge on any atom is 0.289 e. The van der Waals surface area contributed by atoms with E-state index in [1.165, 1.54) is 0 Å². The second-order valence-electron chi connectivity index (χ2n) is 7.51. The number of piperidine rings is 1. The second-order valence-corrected chi connectivity index (χ2v) is 7.95. The van der Waals surface area contributed by atoms with E-state index in [1.54, 1.807) is 25.3 Å². The van der Waals surface area contributed by atoms with Crippen LogP contribution in [0, 0.1) is 5.41 Å². The summed E-state index contributed by atoms with van der Waals surface area (Å²) in [5.74, 6) is 0.909. The fraction of sp³-hybridized carbons (Fsp3) is 0.500. The smallest absolute Gasteiger partial charge is 0.289 e. The largest absolute Gasteiger partial charge is 0.493 e. The van der Waals surface area contributed by atoms with Gasteiger partial charge < -0.3 is 19.0 Å². The highest BCUT2D eigenvalue weighted by Crippen LogP contribution is 2.41. The lowest BCUT2D eigenvalue weighted by molar-refractivity contribution is -0.127. The molecule has 0 saturated carbocycles. The molecule has 0 N–H and O–H groups in total. The zero-order chi connectivity index (χ0) is 19.2. The van der Waals surface area contributed by atoms with Crippen molar-refractivity contribution in [2.75, 3.05) is 33.3 Å². The van der Waals surface area contributed by atoms with Gasteiger partial charge in [-0.1, -0.05) is 11.6 Å². The molecule has 2 aliphatic heterocycles. The van der Waals surface area contributed by atoms with Crippen LogP contribution in [-0.4, -0.2) is 54.9 Å². The summed E-state index contributed by atoms with van der Waals surface area (Å²) in [6, 6.07) is 5.14. The molecule has 1 spiro atoms. The summed E-state index contributed by atoms with van der Waals surface area (Å²) in [6.07, 6.45) is 2.29. The summed E-state index contributed by atoms with van der Waals surface area (Å²) in [5, 5.41) is 1.28. The van der Waals surface area contributed by atoms with E-state index in [0.717, 1.165) is 31.3 Å². The number of carbonyl (C=O) groups is 2. The van der Waals surface area contributed by atoms with E-state index in [4.69, 9.17) is 20.8 Å². The normalized spacial score (nSPS) is 19.3. The van der Waals surface area contributed by atoms with Gasteiger partial charge in [0.1, 0.15) is 0 Å². The van der Waals surface area contributed by atoms with E-state index in [-0.39, 0.29) is 17.2 Å². The van der Waals surface area contributed by atoms with E-state index >= 15 is 0 Å². The number of ether oxygens (including phenoxy) is 1. The first kappa shape index (κ1) is 18.2. The van der Waals surface area contributed by atoms with Crippen LogP contribution in [0.1, 0.15) is 36.7 Å². The summed E-state index contributed by atoms with van der Waals surface area (Å²) < 4.78 is 11.1. The predicted octanol–water partition coefficient (Wildman–Crippen LogP) is 3.57. The number of halogens is 1. The van der Waals surface area contributed by atoms with Crippen LogP contribution in [0.3, 0.4) is 0 Å². The van der Waals surface area contributed by atoms with Gasteiger partial charge in [0.2, 0.25) is 5.91 Å². The molecule has 144 valence electrons. The predicted molar refractivity (Wildman–Crippen MR) is 102 cm³/mol. The fourth-order valence-electron chi connectivity index (χ4n) is 4.29. The fourth-order valence-corrected chi connectivity index (χ4v) is 4.50. The van der Waals surface area contributed by atoms with Crippen LogP contribution in [0.2, 0.25) is 5.02 Å². The molecular weight excluding hydrogens is 368 g/mol. The molecule has 1 aromatic heterocycles. The number of hydrogen-bond acceptors (Lipinski definition) is 4. The number of fused-ring (bicyclic) bond motifs is 1. The maximum absolute atomic E-state index is 12.9. The summed E-state index contributed by atoms with van der Waals surface area (Å²) >= 11 is 6.10. The van der Waals surface area contributed by atoms with Crippen LogP contribution < -0.4 is 4.74 Å². The van der Waals surface area contributed by atoms with E-state index in [0.29, 0.717) is 41.6 Å². The Bertz CT molecular complexity index is 899. The summed E-state index contributed by atoms with van der Waals surface area (Å²) in [6.45, 7) is 4.85. The zero-order valence-electron chi connectivity index (χ0n) is 15.6. The first-order valence-electron chi connectivity index (χ1n) is 9.29. The number of rotatable bonds is 3. The first-order chi connectivity index (χ1) is 12.9. The van der Waals surface area contributed by atoms with Gasteiger partial charge in [0.15, 0.2) is 17.1 Å². The van der Waals surface area contributed by atoms with Crippen LogP contribution in [0.4, 0.5) is 0 Å². The Morgan fingerprint density at radius 2 is 2.04 bits per heavy atom. The van der Waals surface area contributed by atoms with Crippen LogP contribution in [0.15, 0.2) is 22.6 Å². The Hall–Kier alpha value is -2.21. The lowest BCUT2D eigenvalue weighted by atomic mass is 9.77. The Balaban J connectivity index is 1.50. The van der Waals surface area contributed by atoms with Crippen molar-refractivity contribution in [3.8, 4) is 5.75 Å². The standard InChI is InChI=1S/C20H23ClN2O4/c1-3-22-12-20(11-17(22)24)4-6-23(7-5-20)19(25)16-9-13-8-14(21)10-15(26-2)18(13)27-16/h8-10H,3-7,11-12H2,1-2H3. The van der Waals surface area contributed by atoms with Gasteiger partial charge in [-0.05, 0) is 31.9 Å². The van der Waals surface area contributed by atoms with Crippen LogP contribution >= 0.6 is 11.6 Å². The molecule has 1 aromatic carbocycles. The lowest BCUT2D eigenvalue weighted by Crippen LogP contribution is -2.44. The number of furan rings is 1. The van der Waals surface area contributed by atoms with E-state index in [1.807, 2.05) is 16.7 Å². The minimum atomic E-state index is -0.129. The van der Waals surface area contributed by atoms with Crippen molar-refractivity contribution in [2.24, 2.45) is 5.41 Å². The quantitative estimate of drug-likeness (QED) is 0.803. The third-order valence-corrected chi connectivity index (χ3v) is 6.09. The molecule has 0 aliphatic carbocycles. The van der Waals surface area contributed by atoms with Gasteiger partial charge in [-0.25, -0.2) is 0 Å². The van der Waals surface area contributed by atoms with E-state index in [2.05, 4.69) is 0 Å². The van der Waals surface area contributed by atoms with Gasteiger partial charge >= 0.3 is 0 Å². The lowest BCUT2D eigenvalue weighted by Gasteiger charge is -2.38. The topological polar surface area (TPSA) is 63.0 Å². The number of carbonyl (C=O) groups excluding carboxylic acids is 2.